The quantitative estimate of drug-likeness (QED) is 0.326. The van der Waals surface area contributed by atoms with Gasteiger partial charge in [0.15, 0.2) is 0 Å². The zero-order valence-electron chi connectivity index (χ0n) is 8.63. The third-order valence-corrected chi connectivity index (χ3v) is 2.00. The van der Waals surface area contributed by atoms with Gasteiger partial charge >= 0.3 is 0 Å². The summed E-state index contributed by atoms with van der Waals surface area (Å²) in [6.45, 7) is 1.04. The summed E-state index contributed by atoms with van der Waals surface area (Å²) < 4.78 is 0. The molecule has 0 aliphatic heterocycles. The Balaban J connectivity index is 2.76. The van der Waals surface area contributed by atoms with Crippen molar-refractivity contribution < 1.29 is 14.9 Å². The van der Waals surface area contributed by atoms with Crippen molar-refractivity contribution in [3.05, 3.63) is 0 Å². The fraction of sp³-hybridized carbons (Fsp3) is 1.00. The minimum Gasteiger partial charge on any atom is -0.396 e. The molecule has 0 saturated carbocycles. The van der Waals surface area contributed by atoms with Gasteiger partial charge in [-0.05, 0) is 12.8 Å². The minimum absolute atomic E-state index is 0.335. The third-order valence-electron chi connectivity index (χ3n) is 2.00. The van der Waals surface area contributed by atoms with Crippen LogP contribution in [0.3, 0.4) is 0 Å². The van der Waals surface area contributed by atoms with Crippen LogP contribution in [0.4, 0.5) is 0 Å². The van der Waals surface area contributed by atoms with E-state index in [1.807, 2.05) is 0 Å². The number of rotatable bonds is 10. The van der Waals surface area contributed by atoms with Crippen LogP contribution >= 0.6 is 0 Å². The summed E-state index contributed by atoms with van der Waals surface area (Å²) in [6.07, 6.45) is 8.17. The van der Waals surface area contributed by atoms with Crippen molar-refractivity contribution in [1.82, 2.24) is 0 Å². The van der Waals surface area contributed by atoms with Gasteiger partial charge in [0.05, 0.1) is 13.7 Å². The molecule has 3 heteroatoms. The largest absolute Gasteiger partial charge is 0.396 e. The Hall–Kier alpha value is -0.120. The first-order chi connectivity index (χ1) is 6.41. The van der Waals surface area contributed by atoms with Crippen molar-refractivity contribution in [2.45, 2.75) is 44.9 Å². The molecule has 0 heterocycles. The standard InChI is InChI=1S/C10H22O3/c1-12-13-10-8-6-4-2-3-5-7-9-11/h11H,2-10H2,1H3. The van der Waals surface area contributed by atoms with Crippen LogP contribution < -0.4 is 0 Å². The van der Waals surface area contributed by atoms with E-state index in [-0.39, 0.29) is 0 Å². The van der Waals surface area contributed by atoms with E-state index in [4.69, 9.17) is 9.99 Å². The lowest BCUT2D eigenvalue weighted by Gasteiger charge is -2.01. The summed E-state index contributed by atoms with van der Waals surface area (Å²) in [5.41, 5.74) is 0. The van der Waals surface area contributed by atoms with Crippen molar-refractivity contribution >= 4 is 0 Å². The van der Waals surface area contributed by atoms with Gasteiger partial charge in [0, 0.05) is 6.61 Å². The van der Waals surface area contributed by atoms with E-state index < -0.39 is 0 Å². The van der Waals surface area contributed by atoms with Crippen LogP contribution in [0, 0.1) is 0 Å². The Morgan fingerprint density at radius 1 is 0.846 bits per heavy atom. The summed E-state index contributed by atoms with van der Waals surface area (Å²) in [7, 11) is 1.54. The van der Waals surface area contributed by atoms with Crippen molar-refractivity contribution in [3.63, 3.8) is 0 Å². The molecule has 0 bridgehead atoms. The molecule has 1 N–H and O–H groups in total. The van der Waals surface area contributed by atoms with Crippen molar-refractivity contribution in [2.24, 2.45) is 0 Å². The molecule has 0 aliphatic carbocycles. The highest BCUT2D eigenvalue weighted by Gasteiger charge is 1.91. The number of aliphatic hydroxyl groups is 1. The van der Waals surface area contributed by atoms with Crippen molar-refractivity contribution in [3.8, 4) is 0 Å². The molecule has 0 saturated heterocycles. The number of unbranched alkanes of at least 4 members (excludes halogenated alkanes) is 6. The van der Waals surface area contributed by atoms with Crippen molar-refractivity contribution in [1.29, 1.82) is 0 Å². The Morgan fingerprint density at radius 3 is 1.92 bits per heavy atom. The van der Waals surface area contributed by atoms with Gasteiger partial charge in [-0.1, -0.05) is 32.1 Å². The maximum atomic E-state index is 8.54. The van der Waals surface area contributed by atoms with Crippen LogP contribution in [0.2, 0.25) is 0 Å². The predicted octanol–water partition coefficient (Wildman–Crippen LogP) is 2.29. The van der Waals surface area contributed by atoms with Gasteiger partial charge in [-0.2, -0.15) is 0 Å². The first-order valence-electron chi connectivity index (χ1n) is 5.18. The monoisotopic (exact) mass is 190 g/mol. The summed E-state index contributed by atoms with van der Waals surface area (Å²) in [4.78, 5) is 9.22. The fourth-order valence-corrected chi connectivity index (χ4v) is 1.24. The molecular weight excluding hydrogens is 168 g/mol. The average Bonchev–Trinajstić information content (AvgIpc) is 2.16. The fourth-order valence-electron chi connectivity index (χ4n) is 1.24. The molecular formula is C10H22O3. The van der Waals surface area contributed by atoms with Gasteiger partial charge in [0.1, 0.15) is 0 Å². The van der Waals surface area contributed by atoms with Crippen LogP contribution in [-0.4, -0.2) is 25.4 Å². The van der Waals surface area contributed by atoms with Gasteiger partial charge in [-0.15, -0.1) is 0 Å². The SMILES string of the molecule is COOCCCCCCCCCO. The molecule has 0 aromatic heterocycles. The van der Waals surface area contributed by atoms with Crippen LogP contribution in [0.25, 0.3) is 0 Å². The molecule has 0 fully saturated rings. The summed E-state index contributed by atoms with van der Waals surface area (Å²) in [5, 5.41) is 8.54. The van der Waals surface area contributed by atoms with Gasteiger partial charge < -0.3 is 5.11 Å². The molecule has 0 unspecified atom stereocenters. The highest BCUT2D eigenvalue weighted by Crippen LogP contribution is 2.06. The molecule has 0 aromatic carbocycles. The maximum absolute atomic E-state index is 8.54. The smallest absolute Gasteiger partial charge is 0.0822 e. The van der Waals surface area contributed by atoms with Crippen molar-refractivity contribution in [2.75, 3.05) is 20.3 Å². The zero-order chi connectivity index (χ0) is 9.78. The summed E-state index contributed by atoms with van der Waals surface area (Å²) in [6, 6.07) is 0. The van der Waals surface area contributed by atoms with Gasteiger partial charge in [0.25, 0.3) is 0 Å². The second-order valence-electron chi connectivity index (χ2n) is 3.19. The zero-order valence-corrected chi connectivity index (χ0v) is 8.63. The molecule has 80 valence electrons. The highest BCUT2D eigenvalue weighted by atomic mass is 17.2. The van der Waals surface area contributed by atoms with E-state index in [9.17, 15) is 0 Å². The van der Waals surface area contributed by atoms with E-state index in [1.165, 1.54) is 32.8 Å². The molecule has 0 radical (unpaired) electrons. The Bertz CT molecular complexity index is 76.2. The Labute approximate surface area is 81.0 Å². The first-order valence-corrected chi connectivity index (χ1v) is 5.18. The number of hydrogen-bond donors (Lipinski definition) is 1. The van der Waals surface area contributed by atoms with Gasteiger partial charge in [-0.3, -0.25) is 0 Å². The van der Waals surface area contributed by atoms with Gasteiger partial charge in [0.2, 0.25) is 0 Å². The maximum Gasteiger partial charge on any atom is 0.0822 e. The molecule has 0 rings (SSSR count). The van der Waals surface area contributed by atoms with E-state index in [1.54, 1.807) is 0 Å². The van der Waals surface area contributed by atoms with E-state index >= 15 is 0 Å². The average molecular weight is 190 g/mol. The number of aliphatic hydroxyl groups excluding tert-OH is 1. The molecule has 0 spiro atoms. The van der Waals surface area contributed by atoms with E-state index in [0.29, 0.717) is 13.2 Å². The lowest BCUT2D eigenvalue weighted by molar-refractivity contribution is -0.272. The Kier molecular flexibility index (Phi) is 11.8. The number of hydrogen-bond acceptors (Lipinski definition) is 3. The topological polar surface area (TPSA) is 38.7 Å². The summed E-state index contributed by atoms with van der Waals surface area (Å²) >= 11 is 0. The third kappa shape index (κ3) is 11.9. The lowest BCUT2D eigenvalue weighted by atomic mass is 10.1. The molecule has 0 atom stereocenters. The second-order valence-corrected chi connectivity index (χ2v) is 3.19. The predicted molar refractivity (Wildman–Crippen MR) is 52.4 cm³/mol. The second kappa shape index (κ2) is 11.9. The summed E-state index contributed by atoms with van der Waals surface area (Å²) in [5.74, 6) is 0. The first kappa shape index (κ1) is 12.9. The lowest BCUT2D eigenvalue weighted by Crippen LogP contribution is -1.92. The molecule has 0 amide bonds. The molecule has 0 aliphatic rings. The molecule has 0 aromatic rings. The van der Waals surface area contributed by atoms with Crippen LogP contribution in [0.1, 0.15) is 44.9 Å². The minimum atomic E-state index is 0.335. The van der Waals surface area contributed by atoms with Crippen LogP contribution in [0.5, 0.6) is 0 Å². The van der Waals surface area contributed by atoms with Crippen LogP contribution in [0.15, 0.2) is 0 Å². The molecule has 13 heavy (non-hydrogen) atoms. The van der Waals surface area contributed by atoms with E-state index in [2.05, 4.69) is 4.89 Å². The van der Waals surface area contributed by atoms with Crippen LogP contribution in [-0.2, 0) is 9.78 Å². The molecule has 3 nitrogen and oxygen atoms in total. The van der Waals surface area contributed by atoms with Gasteiger partial charge in [-0.25, -0.2) is 9.78 Å². The van der Waals surface area contributed by atoms with E-state index in [0.717, 1.165) is 19.3 Å². The normalized spacial score (nSPS) is 10.6. The highest BCUT2D eigenvalue weighted by molar-refractivity contribution is 4.44. The Morgan fingerprint density at radius 2 is 1.38 bits per heavy atom.